The zero-order chi connectivity index (χ0) is 12.2. The van der Waals surface area contributed by atoms with Gasteiger partial charge in [0.05, 0.1) is 0 Å². The third-order valence-corrected chi connectivity index (χ3v) is 2.13. The van der Waals surface area contributed by atoms with Crippen LogP contribution in [0.1, 0.15) is 46.5 Å². The van der Waals surface area contributed by atoms with E-state index >= 15 is 0 Å². The first kappa shape index (κ1) is 15.3. The zero-order valence-corrected chi connectivity index (χ0v) is 10.7. The summed E-state index contributed by atoms with van der Waals surface area (Å²) in [5.41, 5.74) is 0. The normalized spacial score (nSPS) is 11.5. The second kappa shape index (κ2) is 10.8. The molecule has 0 bridgehead atoms. The van der Waals surface area contributed by atoms with Gasteiger partial charge in [-0.05, 0) is 32.4 Å². The van der Waals surface area contributed by atoms with Crippen molar-refractivity contribution in [1.29, 1.82) is 0 Å². The molecule has 0 aliphatic heterocycles. The van der Waals surface area contributed by atoms with Gasteiger partial charge in [-0.25, -0.2) is 0 Å². The van der Waals surface area contributed by atoms with E-state index in [2.05, 4.69) is 6.92 Å². The molecule has 0 N–H and O–H groups in total. The zero-order valence-electron chi connectivity index (χ0n) is 10.7. The molecule has 0 radical (unpaired) electrons. The average molecular weight is 228 g/mol. The average Bonchev–Trinajstić information content (AvgIpc) is 2.27. The van der Waals surface area contributed by atoms with Crippen molar-refractivity contribution in [3.05, 3.63) is 12.2 Å². The second-order valence-corrected chi connectivity index (χ2v) is 3.56. The molecule has 0 rings (SSSR count). The summed E-state index contributed by atoms with van der Waals surface area (Å²) in [5.74, 6) is 0.151. The Labute approximate surface area is 98.8 Å². The summed E-state index contributed by atoms with van der Waals surface area (Å²) >= 11 is 0. The minimum Gasteiger partial charge on any atom is -0.349 e. The van der Waals surface area contributed by atoms with Crippen LogP contribution in [0.4, 0.5) is 0 Å². The molecule has 0 saturated carbocycles. The topological polar surface area (TPSA) is 35.5 Å². The summed E-state index contributed by atoms with van der Waals surface area (Å²) in [6.45, 7) is 7.10. The highest BCUT2D eigenvalue weighted by molar-refractivity contribution is 5.89. The number of allylic oxidation sites excluding steroid dienone is 1. The molecule has 0 aliphatic carbocycles. The lowest BCUT2D eigenvalue weighted by molar-refractivity contribution is -0.116. The van der Waals surface area contributed by atoms with E-state index in [0.717, 1.165) is 19.3 Å². The number of ketones is 1. The van der Waals surface area contributed by atoms with Gasteiger partial charge in [0.25, 0.3) is 0 Å². The number of unbranched alkanes of at least 4 members (excludes halogenated alkanes) is 2. The monoisotopic (exact) mass is 228 g/mol. The number of ether oxygens (including phenoxy) is 2. The van der Waals surface area contributed by atoms with Crippen LogP contribution >= 0.6 is 0 Å². The van der Waals surface area contributed by atoms with Gasteiger partial charge in [0, 0.05) is 19.6 Å². The highest BCUT2D eigenvalue weighted by atomic mass is 16.7. The van der Waals surface area contributed by atoms with Gasteiger partial charge in [0.15, 0.2) is 12.1 Å². The van der Waals surface area contributed by atoms with Gasteiger partial charge in [-0.2, -0.15) is 0 Å². The molecule has 0 fully saturated rings. The number of hydrogen-bond donors (Lipinski definition) is 0. The van der Waals surface area contributed by atoms with Crippen LogP contribution in [0.5, 0.6) is 0 Å². The number of rotatable bonds is 10. The van der Waals surface area contributed by atoms with Crippen LogP contribution in [0.15, 0.2) is 12.2 Å². The highest BCUT2D eigenvalue weighted by Crippen LogP contribution is 2.02. The summed E-state index contributed by atoms with van der Waals surface area (Å²) in [6.07, 6.45) is 6.72. The fourth-order valence-corrected chi connectivity index (χ4v) is 1.31. The lowest BCUT2D eigenvalue weighted by atomic mass is 10.1. The number of carbonyl (C=O) groups excluding carboxylic acids is 1. The SMILES string of the molecule is CCCCCC(=O)/C=C/C(OCC)OCC. The largest absolute Gasteiger partial charge is 0.349 e. The Hall–Kier alpha value is -0.670. The molecule has 0 aliphatic rings. The van der Waals surface area contributed by atoms with E-state index in [9.17, 15) is 4.79 Å². The molecule has 3 heteroatoms. The Balaban J connectivity index is 3.86. The van der Waals surface area contributed by atoms with Crippen LogP contribution in [0, 0.1) is 0 Å². The standard InChI is InChI=1S/C13H24O3/c1-4-7-8-9-12(14)10-11-13(15-5-2)16-6-3/h10-11,13H,4-9H2,1-3H3/b11-10+. The van der Waals surface area contributed by atoms with Gasteiger partial charge in [-0.1, -0.05) is 19.8 Å². The van der Waals surface area contributed by atoms with E-state index in [4.69, 9.17) is 9.47 Å². The summed E-state index contributed by atoms with van der Waals surface area (Å²) in [4.78, 5) is 11.4. The third-order valence-electron chi connectivity index (χ3n) is 2.13. The van der Waals surface area contributed by atoms with Crippen LogP contribution in [0.2, 0.25) is 0 Å². The van der Waals surface area contributed by atoms with Crippen LogP contribution in [-0.4, -0.2) is 25.3 Å². The van der Waals surface area contributed by atoms with Gasteiger partial charge < -0.3 is 9.47 Å². The minimum absolute atomic E-state index is 0.151. The third kappa shape index (κ3) is 8.62. The van der Waals surface area contributed by atoms with E-state index in [-0.39, 0.29) is 12.1 Å². The van der Waals surface area contributed by atoms with E-state index in [1.54, 1.807) is 12.2 Å². The molecule has 0 aromatic carbocycles. The van der Waals surface area contributed by atoms with Crippen molar-refractivity contribution >= 4 is 5.78 Å². The number of carbonyl (C=O) groups is 1. The van der Waals surface area contributed by atoms with Crippen molar-refractivity contribution in [2.75, 3.05) is 13.2 Å². The first-order valence-corrected chi connectivity index (χ1v) is 6.18. The molecule has 0 amide bonds. The van der Waals surface area contributed by atoms with Crippen molar-refractivity contribution in [1.82, 2.24) is 0 Å². The quantitative estimate of drug-likeness (QED) is 0.327. The second-order valence-electron chi connectivity index (χ2n) is 3.56. The van der Waals surface area contributed by atoms with Crippen molar-refractivity contribution in [3.63, 3.8) is 0 Å². The maximum absolute atomic E-state index is 11.4. The first-order chi connectivity index (χ1) is 7.74. The Bertz CT molecular complexity index is 193. The van der Waals surface area contributed by atoms with Gasteiger partial charge in [-0.3, -0.25) is 4.79 Å². The molecule has 0 saturated heterocycles. The van der Waals surface area contributed by atoms with Gasteiger partial charge in [0.2, 0.25) is 0 Å². The molecule has 0 aromatic heterocycles. The van der Waals surface area contributed by atoms with Crippen molar-refractivity contribution in [3.8, 4) is 0 Å². The van der Waals surface area contributed by atoms with Crippen LogP contribution in [0.25, 0.3) is 0 Å². The minimum atomic E-state index is -0.384. The van der Waals surface area contributed by atoms with E-state index in [1.807, 2.05) is 13.8 Å². The molecule has 16 heavy (non-hydrogen) atoms. The molecule has 0 spiro atoms. The smallest absolute Gasteiger partial charge is 0.177 e. The summed E-state index contributed by atoms with van der Waals surface area (Å²) < 4.78 is 10.6. The van der Waals surface area contributed by atoms with Crippen molar-refractivity contribution in [2.45, 2.75) is 52.7 Å². The lowest BCUT2D eigenvalue weighted by Gasteiger charge is -2.11. The van der Waals surface area contributed by atoms with E-state index < -0.39 is 0 Å². The molecular weight excluding hydrogens is 204 g/mol. The predicted molar refractivity (Wildman–Crippen MR) is 65.3 cm³/mol. The summed E-state index contributed by atoms with van der Waals surface area (Å²) in [6, 6.07) is 0. The van der Waals surface area contributed by atoms with Crippen molar-refractivity contribution in [2.24, 2.45) is 0 Å². The highest BCUT2D eigenvalue weighted by Gasteiger charge is 2.03. The molecule has 94 valence electrons. The van der Waals surface area contributed by atoms with Crippen LogP contribution < -0.4 is 0 Å². The van der Waals surface area contributed by atoms with E-state index in [0.29, 0.717) is 19.6 Å². The van der Waals surface area contributed by atoms with Crippen LogP contribution in [0.3, 0.4) is 0 Å². The Kier molecular flexibility index (Phi) is 10.4. The first-order valence-electron chi connectivity index (χ1n) is 6.18. The maximum atomic E-state index is 11.4. The molecule has 0 unspecified atom stereocenters. The van der Waals surface area contributed by atoms with Crippen LogP contribution in [-0.2, 0) is 14.3 Å². The Morgan fingerprint density at radius 2 is 1.75 bits per heavy atom. The fourth-order valence-electron chi connectivity index (χ4n) is 1.31. The Morgan fingerprint density at radius 3 is 2.25 bits per heavy atom. The van der Waals surface area contributed by atoms with Gasteiger partial charge in [0.1, 0.15) is 0 Å². The summed E-state index contributed by atoms with van der Waals surface area (Å²) in [7, 11) is 0. The van der Waals surface area contributed by atoms with Gasteiger partial charge >= 0.3 is 0 Å². The Morgan fingerprint density at radius 1 is 1.12 bits per heavy atom. The number of hydrogen-bond acceptors (Lipinski definition) is 3. The molecule has 3 nitrogen and oxygen atoms in total. The summed E-state index contributed by atoms with van der Waals surface area (Å²) in [5, 5.41) is 0. The lowest BCUT2D eigenvalue weighted by Crippen LogP contribution is -2.14. The molecule has 0 heterocycles. The maximum Gasteiger partial charge on any atom is 0.177 e. The molecule has 0 aromatic rings. The molecule has 0 atom stereocenters. The van der Waals surface area contributed by atoms with Crippen molar-refractivity contribution < 1.29 is 14.3 Å². The predicted octanol–water partition coefficient (Wildman–Crippen LogP) is 3.09. The fraction of sp³-hybridized carbons (Fsp3) is 0.769. The van der Waals surface area contributed by atoms with Gasteiger partial charge in [-0.15, -0.1) is 0 Å². The molecular formula is C13H24O3. The van der Waals surface area contributed by atoms with E-state index in [1.165, 1.54) is 0 Å².